The number of nitrogens with zero attached hydrogens (tertiary/aromatic N) is 2. The van der Waals surface area contributed by atoms with Crippen LogP contribution in [-0.4, -0.2) is 43.1 Å². The highest BCUT2D eigenvalue weighted by Gasteiger charge is 2.19. The zero-order chi connectivity index (χ0) is 18.2. The zero-order valence-electron chi connectivity index (χ0n) is 15.1. The van der Waals surface area contributed by atoms with Gasteiger partial charge in [-0.25, -0.2) is 13.8 Å². The van der Waals surface area contributed by atoms with Crippen molar-refractivity contribution in [1.29, 1.82) is 0 Å². The first kappa shape index (κ1) is 19.4. The number of benzene rings is 1. The Hall–Kier alpha value is -1.95. The topological polar surface area (TPSA) is 39.7 Å². The molecule has 25 heavy (non-hydrogen) atoms. The van der Waals surface area contributed by atoms with Crippen molar-refractivity contribution >= 4 is 5.96 Å². The van der Waals surface area contributed by atoms with Crippen molar-refractivity contribution in [2.24, 2.45) is 4.99 Å². The number of likely N-dealkylation sites (tertiary alicyclic amines) is 1. The number of nitrogens with one attached hydrogen (secondary N) is 2. The van der Waals surface area contributed by atoms with Gasteiger partial charge >= 0.3 is 0 Å². The maximum Gasteiger partial charge on any atom is 0.191 e. The van der Waals surface area contributed by atoms with Crippen molar-refractivity contribution in [1.82, 2.24) is 15.5 Å². The molecule has 0 aromatic heterocycles. The molecule has 0 amide bonds. The largest absolute Gasteiger partial charge is 0.357 e. The smallest absolute Gasteiger partial charge is 0.191 e. The van der Waals surface area contributed by atoms with Gasteiger partial charge in [-0.15, -0.1) is 0 Å². The van der Waals surface area contributed by atoms with Crippen LogP contribution in [0.3, 0.4) is 0 Å². The summed E-state index contributed by atoms with van der Waals surface area (Å²) < 4.78 is 27.0. The molecule has 1 aromatic rings. The summed E-state index contributed by atoms with van der Waals surface area (Å²) in [4.78, 5) is 6.80. The van der Waals surface area contributed by atoms with Gasteiger partial charge in [0.2, 0.25) is 0 Å². The first-order valence-corrected chi connectivity index (χ1v) is 8.83. The molecule has 1 aliphatic heterocycles. The van der Waals surface area contributed by atoms with E-state index in [0.717, 1.165) is 44.6 Å². The number of hydrogen-bond donors (Lipinski definition) is 2. The Balaban J connectivity index is 1.92. The fourth-order valence-electron chi connectivity index (χ4n) is 2.96. The van der Waals surface area contributed by atoms with Crippen LogP contribution in [0.25, 0.3) is 0 Å². The second-order valence-corrected chi connectivity index (χ2v) is 6.58. The number of aliphatic imine (C=N–C) groups is 1. The SMILES string of the molecule is C=C(C)CN1CCC(NC(=NCc2cc(F)ccc2F)NCC)CC1. The number of rotatable bonds is 6. The Morgan fingerprint density at radius 3 is 2.68 bits per heavy atom. The van der Waals surface area contributed by atoms with Crippen molar-refractivity contribution in [2.75, 3.05) is 26.2 Å². The fraction of sp³-hybridized carbons (Fsp3) is 0.526. The Kier molecular flexibility index (Phi) is 7.37. The predicted octanol–water partition coefficient (Wildman–Crippen LogP) is 3.06. The summed E-state index contributed by atoms with van der Waals surface area (Å²) in [5.74, 6) is -0.243. The van der Waals surface area contributed by atoms with E-state index in [1.165, 1.54) is 11.6 Å². The van der Waals surface area contributed by atoms with Crippen LogP contribution < -0.4 is 10.6 Å². The van der Waals surface area contributed by atoms with Crippen LogP contribution >= 0.6 is 0 Å². The molecule has 1 fully saturated rings. The molecule has 0 spiro atoms. The highest BCUT2D eigenvalue weighted by atomic mass is 19.1. The third-order valence-corrected chi connectivity index (χ3v) is 4.18. The van der Waals surface area contributed by atoms with E-state index >= 15 is 0 Å². The lowest BCUT2D eigenvalue weighted by Gasteiger charge is -2.33. The van der Waals surface area contributed by atoms with E-state index in [2.05, 4.69) is 27.1 Å². The van der Waals surface area contributed by atoms with E-state index in [1.807, 2.05) is 13.8 Å². The van der Waals surface area contributed by atoms with Gasteiger partial charge < -0.3 is 10.6 Å². The minimum Gasteiger partial charge on any atom is -0.357 e. The van der Waals surface area contributed by atoms with Crippen molar-refractivity contribution in [2.45, 2.75) is 39.3 Å². The molecule has 1 aliphatic rings. The van der Waals surface area contributed by atoms with Crippen molar-refractivity contribution in [3.05, 3.63) is 47.5 Å². The van der Waals surface area contributed by atoms with Crippen molar-refractivity contribution in [3.63, 3.8) is 0 Å². The molecule has 0 atom stereocenters. The highest BCUT2D eigenvalue weighted by molar-refractivity contribution is 5.80. The van der Waals surface area contributed by atoms with Crippen molar-refractivity contribution < 1.29 is 8.78 Å². The number of hydrogen-bond acceptors (Lipinski definition) is 2. The van der Waals surface area contributed by atoms with E-state index in [4.69, 9.17) is 0 Å². The maximum atomic E-state index is 13.7. The van der Waals surface area contributed by atoms with Crippen LogP contribution in [0.5, 0.6) is 0 Å². The minimum absolute atomic E-state index is 0.105. The van der Waals surface area contributed by atoms with Crippen LogP contribution in [0.4, 0.5) is 8.78 Å². The highest BCUT2D eigenvalue weighted by Crippen LogP contribution is 2.13. The number of piperidine rings is 1. The molecule has 0 aliphatic carbocycles. The summed E-state index contributed by atoms with van der Waals surface area (Å²) in [5, 5.41) is 6.58. The molecule has 1 aromatic carbocycles. The number of guanidine groups is 1. The third-order valence-electron chi connectivity index (χ3n) is 4.18. The second kappa shape index (κ2) is 9.51. The Morgan fingerprint density at radius 1 is 1.32 bits per heavy atom. The van der Waals surface area contributed by atoms with Gasteiger partial charge in [-0.1, -0.05) is 12.2 Å². The maximum absolute atomic E-state index is 13.7. The first-order valence-electron chi connectivity index (χ1n) is 8.83. The normalized spacial score (nSPS) is 16.7. The first-order chi connectivity index (χ1) is 12.0. The fourth-order valence-corrected chi connectivity index (χ4v) is 2.96. The van der Waals surface area contributed by atoms with Gasteiger partial charge in [-0.2, -0.15) is 0 Å². The quantitative estimate of drug-likeness (QED) is 0.471. The van der Waals surface area contributed by atoms with Crippen LogP contribution in [0, 0.1) is 11.6 Å². The summed E-state index contributed by atoms with van der Waals surface area (Å²) in [6, 6.07) is 3.78. The Bertz CT molecular complexity index is 607. The monoisotopic (exact) mass is 350 g/mol. The standard InChI is InChI=1S/C19H28F2N4/c1-4-22-19(23-12-15-11-16(20)5-6-18(15)21)24-17-7-9-25(10-8-17)13-14(2)3/h5-6,11,17H,2,4,7-10,12-13H2,1,3H3,(H2,22,23,24). The van der Waals surface area contributed by atoms with E-state index in [1.54, 1.807) is 0 Å². The second-order valence-electron chi connectivity index (χ2n) is 6.58. The summed E-state index contributed by atoms with van der Waals surface area (Å²) in [6.45, 7) is 11.8. The minimum atomic E-state index is -0.450. The molecule has 0 unspecified atom stereocenters. The predicted molar refractivity (Wildman–Crippen MR) is 98.6 cm³/mol. The molecular formula is C19H28F2N4. The lowest BCUT2D eigenvalue weighted by Crippen LogP contribution is -2.48. The molecule has 0 saturated carbocycles. The van der Waals surface area contributed by atoms with Gasteiger partial charge in [-0.05, 0) is 44.9 Å². The molecule has 0 radical (unpaired) electrons. The molecule has 6 heteroatoms. The lowest BCUT2D eigenvalue weighted by molar-refractivity contribution is 0.221. The zero-order valence-corrected chi connectivity index (χ0v) is 15.1. The van der Waals surface area contributed by atoms with Gasteiger partial charge in [0.05, 0.1) is 6.54 Å². The van der Waals surface area contributed by atoms with Gasteiger partial charge in [0, 0.05) is 37.8 Å². The molecule has 138 valence electrons. The van der Waals surface area contributed by atoms with Gasteiger partial charge in [0.1, 0.15) is 11.6 Å². The third kappa shape index (κ3) is 6.46. The average molecular weight is 350 g/mol. The van der Waals surface area contributed by atoms with Gasteiger partial charge in [0.15, 0.2) is 5.96 Å². The van der Waals surface area contributed by atoms with E-state index in [0.29, 0.717) is 18.5 Å². The average Bonchev–Trinajstić information content (AvgIpc) is 2.57. The molecular weight excluding hydrogens is 322 g/mol. The lowest BCUT2D eigenvalue weighted by atomic mass is 10.0. The van der Waals surface area contributed by atoms with Crippen LogP contribution in [0.1, 0.15) is 32.3 Å². The molecule has 1 saturated heterocycles. The van der Waals surface area contributed by atoms with Crippen LogP contribution in [-0.2, 0) is 6.54 Å². The molecule has 2 rings (SSSR count). The van der Waals surface area contributed by atoms with Gasteiger partial charge in [-0.3, -0.25) is 4.90 Å². The summed E-state index contributed by atoms with van der Waals surface area (Å²) in [5.41, 5.74) is 1.44. The molecule has 1 heterocycles. The summed E-state index contributed by atoms with van der Waals surface area (Å²) >= 11 is 0. The Morgan fingerprint density at radius 2 is 2.04 bits per heavy atom. The summed E-state index contributed by atoms with van der Waals surface area (Å²) in [6.07, 6.45) is 2.04. The molecule has 4 nitrogen and oxygen atoms in total. The Labute approximate surface area is 149 Å². The van der Waals surface area contributed by atoms with E-state index in [-0.39, 0.29) is 12.1 Å². The van der Waals surface area contributed by atoms with E-state index < -0.39 is 11.6 Å². The van der Waals surface area contributed by atoms with Crippen molar-refractivity contribution in [3.8, 4) is 0 Å². The van der Waals surface area contributed by atoms with Crippen LogP contribution in [0.2, 0.25) is 0 Å². The van der Waals surface area contributed by atoms with Gasteiger partial charge in [0.25, 0.3) is 0 Å². The number of halogens is 2. The summed E-state index contributed by atoms with van der Waals surface area (Å²) in [7, 11) is 0. The molecule has 0 bridgehead atoms. The molecule has 2 N–H and O–H groups in total. The van der Waals surface area contributed by atoms with Crippen LogP contribution in [0.15, 0.2) is 35.3 Å². The van der Waals surface area contributed by atoms with E-state index in [9.17, 15) is 8.78 Å².